The zero-order chi connectivity index (χ0) is 17.3. The molecule has 5 atom stereocenters. The Morgan fingerprint density at radius 3 is 2.71 bits per heavy atom. The van der Waals surface area contributed by atoms with Crippen LogP contribution in [0.1, 0.15) is 58.8 Å². The van der Waals surface area contributed by atoms with E-state index in [0.29, 0.717) is 11.8 Å². The molecule has 0 N–H and O–H groups in total. The standard InChI is InChI=1S/C21H28O3/c1-13-12-21-9-6-14(13)10-16(21)19(2)7-5-8-20(3,18(23)24-4)15(19)11-17(21)22/h11,14,16H,1,5-10,12H2,2-4H3/t14-,16+,19-,20-,21-/m1/s1. The topological polar surface area (TPSA) is 43.4 Å². The zero-order valence-corrected chi connectivity index (χ0v) is 15.1. The first-order chi connectivity index (χ1) is 11.3. The van der Waals surface area contributed by atoms with Crippen LogP contribution in [-0.4, -0.2) is 18.9 Å². The normalized spacial score (nSPS) is 46.9. The van der Waals surface area contributed by atoms with Gasteiger partial charge in [-0.05, 0) is 74.3 Å². The summed E-state index contributed by atoms with van der Waals surface area (Å²) in [6.07, 6.45) is 8.75. The van der Waals surface area contributed by atoms with Crippen LogP contribution >= 0.6 is 0 Å². The summed E-state index contributed by atoms with van der Waals surface area (Å²) >= 11 is 0. The van der Waals surface area contributed by atoms with E-state index >= 15 is 0 Å². The minimum Gasteiger partial charge on any atom is -0.468 e. The molecule has 0 amide bonds. The molecule has 0 aromatic heterocycles. The first-order valence-corrected chi connectivity index (χ1v) is 9.31. The highest BCUT2D eigenvalue weighted by atomic mass is 16.5. The van der Waals surface area contributed by atoms with Crippen molar-refractivity contribution in [3.63, 3.8) is 0 Å². The minimum atomic E-state index is -0.646. The van der Waals surface area contributed by atoms with E-state index in [0.717, 1.165) is 50.5 Å². The Bertz CT molecular complexity index is 675. The van der Waals surface area contributed by atoms with E-state index in [1.54, 1.807) is 0 Å². The second-order valence-corrected chi connectivity index (χ2v) is 9.03. The Labute approximate surface area is 144 Å². The van der Waals surface area contributed by atoms with Gasteiger partial charge in [0.2, 0.25) is 0 Å². The molecule has 0 aliphatic heterocycles. The monoisotopic (exact) mass is 328 g/mol. The Hall–Kier alpha value is -1.38. The molecule has 0 aromatic rings. The number of rotatable bonds is 1. The van der Waals surface area contributed by atoms with E-state index in [1.165, 1.54) is 12.7 Å². The number of hydrogen-bond donors (Lipinski definition) is 0. The number of methoxy groups -OCH3 is 1. The maximum atomic E-state index is 13.3. The van der Waals surface area contributed by atoms with Crippen LogP contribution < -0.4 is 0 Å². The second kappa shape index (κ2) is 4.83. The first-order valence-electron chi connectivity index (χ1n) is 9.31. The molecule has 4 fully saturated rings. The lowest BCUT2D eigenvalue weighted by Gasteiger charge is -2.63. The summed E-state index contributed by atoms with van der Waals surface area (Å²) in [5.74, 6) is 0.975. The first kappa shape index (κ1) is 16.1. The Kier molecular flexibility index (Phi) is 3.24. The Morgan fingerprint density at radius 1 is 1.29 bits per heavy atom. The third kappa shape index (κ3) is 1.74. The summed E-state index contributed by atoms with van der Waals surface area (Å²) in [4.78, 5) is 25.9. The van der Waals surface area contributed by atoms with E-state index in [-0.39, 0.29) is 22.6 Å². The van der Waals surface area contributed by atoms with E-state index in [1.807, 2.05) is 13.0 Å². The molecule has 5 rings (SSSR count). The van der Waals surface area contributed by atoms with Crippen LogP contribution in [0.4, 0.5) is 0 Å². The lowest BCUT2D eigenvalue weighted by molar-refractivity contribution is -0.156. The average Bonchev–Trinajstić information content (AvgIpc) is 2.57. The molecule has 1 spiro atoms. The van der Waals surface area contributed by atoms with Crippen molar-refractivity contribution in [1.29, 1.82) is 0 Å². The van der Waals surface area contributed by atoms with Crippen molar-refractivity contribution in [3.8, 4) is 0 Å². The fraction of sp³-hybridized carbons (Fsp3) is 0.714. The third-order valence-corrected chi connectivity index (χ3v) is 8.00. The maximum Gasteiger partial charge on any atom is 0.315 e. The van der Waals surface area contributed by atoms with Gasteiger partial charge in [-0.25, -0.2) is 0 Å². The third-order valence-electron chi connectivity index (χ3n) is 8.00. The van der Waals surface area contributed by atoms with Gasteiger partial charge in [0, 0.05) is 5.41 Å². The molecule has 0 heterocycles. The van der Waals surface area contributed by atoms with Crippen molar-refractivity contribution in [3.05, 3.63) is 23.8 Å². The van der Waals surface area contributed by atoms with E-state index in [9.17, 15) is 9.59 Å². The summed E-state index contributed by atoms with van der Waals surface area (Å²) in [6, 6.07) is 0. The molecule has 0 unspecified atom stereocenters. The molecule has 2 bridgehead atoms. The number of carbonyl (C=O) groups excluding carboxylic acids is 2. The summed E-state index contributed by atoms with van der Waals surface area (Å²) < 4.78 is 5.13. The highest BCUT2D eigenvalue weighted by Gasteiger charge is 2.65. The fourth-order valence-electron chi connectivity index (χ4n) is 6.72. The Morgan fingerprint density at radius 2 is 2.04 bits per heavy atom. The number of fused-ring (bicyclic) bond motifs is 3. The molecule has 24 heavy (non-hydrogen) atoms. The molecule has 5 aliphatic carbocycles. The van der Waals surface area contributed by atoms with E-state index < -0.39 is 5.41 Å². The van der Waals surface area contributed by atoms with Gasteiger partial charge in [-0.2, -0.15) is 0 Å². The molecule has 0 saturated heterocycles. The van der Waals surface area contributed by atoms with Crippen molar-refractivity contribution in [2.24, 2.45) is 28.1 Å². The number of ketones is 1. The Balaban J connectivity index is 1.88. The highest BCUT2D eigenvalue weighted by molar-refractivity contribution is 5.99. The van der Waals surface area contributed by atoms with Crippen molar-refractivity contribution in [2.75, 3.05) is 7.11 Å². The smallest absolute Gasteiger partial charge is 0.315 e. The van der Waals surface area contributed by atoms with Gasteiger partial charge < -0.3 is 4.74 Å². The SMILES string of the molecule is C=C1C[C@]23CC[C@@H]1C[C@H]2[C@]1(C)CCC[C@@](C)(C(=O)OC)C1=CC3=O. The molecule has 3 heteroatoms. The number of ether oxygens (including phenoxy) is 1. The van der Waals surface area contributed by atoms with Gasteiger partial charge in [-0.15, -0.1) is 0 Å². The van der Waals surface area contributed by atoms with Gasteiger partial charge >= 0.3 is 5.97 Å². The summed E-state index contributed by atoms with van der Waals surface area (Å²) in [5.41, 5.74) is 1.37. The van der Waals surface area contributed by atoms with Crippen LogP contribution in [0, 0.1) is 28.1 Å². The van der Waals surface area contributed by atoms with Crippen LogP contribution in [0.3, 0.4) is 0 Å². The lowest BCUT2D eigenvalue weighted by atomic mass is 9.39. The van der Waals surface area contributed by atoms with Crippen LogP contribution in [0.2, 0.25) is 0 Å². The van der Waals surface area contributed by atoms with Gasteiger partial charge in [0.25, 0.3) is 0 Å². The predicted molar refractivity (Wildman–Crippen MR) is 92.2 cm³/mol. The van der Waals surface area contributed by atoms with Gasteiger partial charge in [-0.3, -0.25) is 9.59 Å². The molecule has 3 nitrogen and oxygen atoms in total. The number of hydrogen-bond acceptors (Lipinski definition) is 3. The van der Waals surface area contributed by atoms with Crippen LogP contribution in [0.15, 0.2) is 23.8 Å². The average molecular weight is 328 g/mol. The summed E-state index contributed by atoms with van der Waals surface area (Å²) in [7, 11) is 1.46. The molecular formula is C21H28O3. The minimum absolute atomic E-state index is 0.0610. The number of carbonyl (C=O) groups is 2. The van der Waals surface area contributed by atoms with Gasteiger partial charge in [0.1, 0.15) is 0 Å². The van der Waals surface area contributed by atoms with Crippen molar-refractivity contribution >= 4 is 11.8 Å². The van der Waals surface area contributed by atoms with E-state index in [2.05, 4.69) is 13.5 Å². The van der Waals surface area contributed by atoms with Gasteiger partial charge in [0.15, 0.2) is 5.78 Å². The largest absolute Gasteiger partial charge is 0.468 e. The second-order valence-electron chi connectivity index (χ2n) is 9.03. The molecular weight excluding hydrogens is 300 g/mol. The van der Waals surface area contributed by atoms with Crippen molar-refractivity contribution in [1.82, 2.24) is 0 Å². The summed E-state index contributed by atoms with van der Waals surface area (Å²) in [6.45, 7) is 8.55. The van der Waals surface area contributed by atoms with Gasteiger partial charge in [-0.1, -0.05) is 25.5 Å². The number of allylic oxidation sites excluding steroid dienone is 2. The highest BCUT2D eigenvalue weighted by Crippen LogP contribution is 2.69. The predicted octanol–water partition coefficient (Wildman–Crippen LogP) is 4.23. The maximum absolute atomic E-state index is 13.3. The molecule has 5 aliphatic rings. The fourth-order valence-corrected chi connectivity index (χ4v) is 6.72. The molecule has 0 aromatic carbocycles. The van der Waals surface area contributed by atoms with Gasteiger partial charge in [0.05, 0.1) is 12.5 Å². The quantitative estimate of drug-likeness (QED) is 0.534. The van der Waals surface area contributed by atoms with E-state index in [4.69, 9.17) is 4.74 Å². The number of esters is 1. The van der Waals surface area contributed by atoms with Crippen molar-refractivity contribution in [2.45, 2.75) is 58.8 Å². The zero-order valence-electron chi connectivity index (χ0n) is 15.1. The van der Waals surface area contributed by atoms with Crippen LogP contribution in [0.25, 0.3) is 0 Å². The van der Waals surface area contributed by atoms with Crippen LogP contribution in [0.5, 0.6) is 0 Å². The van der Waals surface area contributed by atoms with Crippen molar-refractivity contribution < 1.29 is 14.3 Å². The lowest BCUT2D eigenvalue weighted by Crippen LogP contribution is -2.59. The summed E-state index contributed by atoms with van der Waals surface area (Å²) in [5, 5.41) is 0. The van der Waals surface area contributed by atoms with Crippen LogP contribution in [-0.2, 0) is 14.3 Å². The molecule has 130 valence electrons. The molecule has 0 radical (unpaired) electrons. The molecule has 4 saturated carbocycles.